The summed E-state index contributed by atoms with van der Waals surface area (Å²) < 4.78 is 16.7. The van der Waals surface area contributed by atoms with Crippen molar-refractivity contribution < 1.29 is 28.6 Å². The molecule has 1 atom stereocenters. The number of esters is 3. The minimum Gasteiger partial charge on any atom is -0.462 e. The quantitative estimate of drug-likeness (QED) is 0.0262. The fraction of sp³-hybridized carbons (Fsp3) is 0.881. The fourth-order valence-electron chi connectivity index (χ4n) is 8.60. The Kier molecular flexibility index (Phi) is 52.7. The van der Waals surface area contributed by atoms with E-state index in [1.165, 1.54) is 180 Å². The Hall–Kier alpha value is -2.11. The molecule has 0 aromatic heterocycles. The van der Waals surface area contributed by atoms with Gasteiger partial charge in [-0.1, -0.05) is 276 Å². The molecule has 6 heteroatoms. The van der Waals surface area contributed by atoms with Gasteiger partial charge in [-0.2, -0.15) is 0 Å². The number of ether oxygens (including phenoxy) is 3. The van der Waals surface area contributed by atoms with E-state index in [0.717, 1.165) is 96.3 Å². The van der Waals surface area contributed by atoms with Crippen LogP contribution in [0.2, 0.25) is 0 Å². The summed E-state index contributed by atoms with van der Waals surface area (Å²) in [6, 6.07) is 0. The van der Waals surface area contributed by atoms with E-state index < -0.39 is 6.10 Å². The number of carbonyl (C=O) groups excluding carboxylic acids is 3. The molecule has 0 rings (SSSR count). The zero-order valence-electron chi connectivity index (χ0n) is 43.8. The van der Waals surface area contributed by atoms with Crippen molar-refractivity contribution in [3.05, 3.63) is 24.3 Å². The molecular formula is C59H110O6. The normalized spacial score (nSPS) is 12.1. The van der Waals surface area contributed by atoms with Crippen LogP contribution in [0.5, 0.6) is 0 Å². The molecule has 0 aromatic carbocycles. The number of unbranched alkanes of at least 4 members (excludes halogenated alkanes) is 38. The molecule has 0 heterocycles. The van der Waals surface area contributed by atoms with E-state index in [9.17, 15) is 14.4 Å². The first-order chi connectivity index (χ1) is 32.0. The van der Waals surface area contributed by atoms with Crippen LogP contribution in [0.1, 0.15) is 316 Å². The minimum absolute atomic E-state index is 0.0736. The Morgan fingerprint density at radius 1 is 0.308 bits per heavy atom. The van der Waals surface area contributed by atoms with Crippen molar-refractivity contribution in [1.29, 1.82) is 0 Å². The van der Waals surface area contributed by atoms with E-state index in [0.29, 0.717) is 19.3 Å². The summed E-state index contributed by atoms with van der Waals surface area (Å²) in [7, 11) is 0. The van der Waals surface area contributed by atoms with Gasteiger partial charge in [0.05, 0.1) is 0 Å². The van der Waals surface area contributed by atoms with Gasteiger partial charge in [-0.05, 0) is 44.9 Å². The second-order valence-corrected chi connectivity index (χ2v) is 19.6. The molecular weight excluding hydrogens is 805 g/mol. The predicted octanol–water partition coefficient (Wildman–Crippen LogP) is 19.1. The van der Waals surface area contributed by atoms with Crippen molar-refractivity contribution in [3.63, 3.8) is 0 Å². The number of allylic oxidation sites excluding steroid dienone is 4. The highest BCUT2D eigenvalue weighted by Crippen LogP contribution is 2.17. The maximum Gasteiger partial charge on any atom is 0.306 e. The Morgan fingerprint density at radius 2 is 0.585 bits per heavy atom. The van der Waals surface area contributed by atoms with Gasteiger partial charge in [0.2, 0.25) is 0 Å². The van der Waals surface area contributed by atoms with E-state index in [2.05, 4.69) is 45.1 Å². The maximum atomic E-state index is 12.7. The van der Waals surface area contributed by atoms with Crippen molar-refractivity contribution in [1.82, 2.24) is 0 Å². The van der Waals surface area contributed by atoms with Crippen LogP contribution in [-0.2, 0) is 28.6 Å². The molecule has 0 spiro atoms. The number of carbonyl (C=O) groups is 3. The monoisotopic (exact) mass is 915 g/mol. The van der Waals surface area contributed by atoms with Gasteiger partial charge >= 0.3 is 17.9 Å². The summed E-state index contributed by atoms with van der Waals surface area (Å²) >= 11 is 0. The zero-order valence-corrected chi connectivity index (χ0v) is 43.8. The van der Waals surface area contributed by atoms with Crippen molar-refractivity contribution in [2.24, 2.45) is 0 Å². The average Bonchev–Trinajstić information content (AvgIpc) is 3.30. The largest absolute Gasteiger partial charge is 0.462 e. The molecule has 6 nitrogen and oxygen atoms in total. The summed E-state index contributed by atoms with van der Waals surface area (Å²) in [6.45, 7) is 6.52. The fourth-order valence-corrected chi connectivity index (χ4v) is 8.60. The van der Waals surface area contributed by atoms with Crippen LogP contribution >= 0.6 is 0 Å². The van der Waals surface area contributed by atoms with Gasteiger partial charge in [0.1, 0.15) is 13.2 Å². The van der Waals surface area contributed by atoms with Gasteiger partial charge in [-0.15, -0.1) is 0 Å². The number of rotatable bonds is 53. The van der Waals surface area contributed by atoms with Gasteiger partial charge in [-0.3, -0.25) is 14.4 Å². The second kappa shape index (κ2) is 54.5. The Labute approximate surface area is 404 Å². The van der Waals surface area contributed by atoms with Crippen LogP contribution in [0.15, 0.2) is 24.3 Å². The highest BCUT2D eigenvalue weighted by molar-refractivity contribution is 5.71. The lowest BCUT2D eigenvalue weighted by molar-refractivity contribution is -0.167. The first-order valence-electron chi connectivity index (χ1n) is 28.8. The molecule has 0 radical (unpaired) electrons. The molecule has 0 aliphatic heterocycles. The third-order valence-corrected chi connectivity index (χ3v) is 12.9. The smallest absolute Gasteiger partial charge is 0.306 e. The maximum absolute atomic E-state index is 12.7. The van der Waals surface area contributed by atoms with Gasteiger partial charge < -0.3 is 14.2 Å². The third-order valence-electron chi connectivity index (χ3n) is 12.9. The van der Waals surface area contributed by atoms with E-state index in [-0.39, 0.29) is 31.1 Å². The van der Waals surface area contributed by atoms with Gasteiger partial charge in [0, 0.05) is 19.3 Å². The molecule has 0 saturated carbocycles. The van der Waals surface area contributed by atoms with Crippen LogP contribution in [0.4, 0.5) is 0 Å². The first-order valence-corrected chi connectivity index (χ1v) is 28.8. The van der Waals surface area contributed by atoms with Crippen LogP contribution in [0.25, 0.3) is 0 Å². The third kappa shape index (κ3) is 52.7. The molecule has 382 valence electrons. The summed E-state index contributed by atoms with van der Waals surface area (Å²) in [5, 5.41) is 0. The second-order valence-electron chi connectivity index (χ2n) is 19.6. The van der Waals surface area contributed by atoms with Gasteiger partial charge in [-0.25, -0.2) is 0 Å². The van der Waals surface area contributed by atoms with Crippen LogP contribution in [-0.4, -0.2) is 37.2 Å². The first kappa shape index (κ1) is 62.9. The molecule has 0 aliphatic carbocycles. The summed E-state index contributed by atoms with van der Waals surface area (Å²) in [5.74, 6) is -0.888. The predicted molar refractivity (Wildman–Crippen MR) is 279 cm³/mol. The molecule has 0 fully saturated rings. The standard InChI is InChI=1S/C59H110O6/c1-4-7-10-13-15-17-19-21-22-23-24-25-26-27-28-29-30-31-32-33-34-35-36-38-39-41-43-46-49-52-58(61)64-55-56(54-63-57(60)51-48-45-12-9-6-3)65-59(62)53-50-47-44-42-40-37-20-18-16-14-11-8-5-2/h11,14,18,20,56H,4-10,12-13,15-17,19,21-55H2,1-3H3/b14-11-,20-18-. The van der Waals surface area contributed by atoms with Crippen molar-refractivity contribution in [3.8, 4) is 0 Å². The van der Waals surface area contributed by atoms with Crippen molar-refractivity contribution in [2.45, 2.75) is 322 Å². The Morgan fingerprint density at radius 3 is 0.908 bits per heavy atom. The molecule has 0 amide bonds. The van der Waals surface area contributed by atoms with Gasteiger partial charge in [0.25, 0.3) is 0 Å². The van der Waals surface area contributed by atoms with Gasteiger partial charge in [0.15, 0.2) is 6.10 Å². The topological polar surface area (TPSA) is 78.9 Å². The molecule has 0 aliphatic rings. The molecule has 0 bridgehead atoms. The summed E-state index contributed by atoms with van der Waals surface area (Å²) in [6.07, 6.45) is 63.9. The molecule has 65 heavy (non-hydrogen) atoms. The summed E-state index contributed by atoms with van der Waals surface area (Å²) in [4.78, 5) is 37.7. The van der Waals surface area contributed by atoms with Crippen LogP contribution in [0.3, 0.4) is 0 Å². The Balaban J connectivity index is 3.91. The van der Waals surface area contributed by atoms with E-state index in [1.807, 2.05) is 0 Å². The van der Waals surface area contributed by atoms with Crippen LogP contribution < -0.4 is 0 Å². The molecule has 0 saturated heterocycles. The van der Waals surface area contributed by atoms with E-state index in [1.54, 1.807) is 0 Å². The van der Waals surface area contributed by atoms with Crippen molar-refractivity contribution >= 4 is 17.9 Å². The van der Waals surface area contributed by atoms with Crippen LogP contribution in [0, 0.1) is 0 Å². The zero-order chi connectivity index (χ0) is 47.2. The van der Waals surface area contributed by atoms with E-state index >= 15 is 0 Å². The summed E-state index contributed by atoms with van der Waals surface area (Å²) in [5.41, 5.74) is 0. The lowest BCUT2D eigenvalue weighted by Gasteiger charge is -2.18. The lowest BCUT2D eigenvalue weighted by Crippen LogP contribution is -2.30. The molecule has 1 unspecified atom stereocenters. The Bertz CT molecular complexity index is 1050. The molecule has 0 N–H and O–H groups in total. The lowest BCUT2D eigenvalue weighted by atomic mass is 10.0. The average molecular weight is 916 g/mol. The SMILES string of the molecule is CCC/C=C\C/C=C\CCCCCCCC(=O)OC(COC(=O)CCCCCCC)COC(=O)CCCCCCCCCCCCCCCCCCCCCCCCCCCCCCC. The van der Waals surface area contributed by atoms with Crippen molar-refractivity contribution in [2.75, 3.05) is 13.2 Å². The number of hydrogen-bond acceptors (Lipinski definition) is 6. The number of hydrogen-bond donors (Lipinski definition) is 0. The minimum atomic E-state index is -0.771. The highest BCUT2D eigenvalue weighted by Gasteiger charge is 2.19. The van der Waals surface area contributed by atoms with E-state index in [4.69, 9.17) is 14.2 Å². The molecule has 0 aromatic rings. The highest BCUT2D eigenvalue weighted by atomic mass is 16.6.